The molecule has 2 unspecified atom stereocenters. The van der Waals surface area contributed by atoms with Gasteiger partial charge in [-0.15, -0.1) is 0 Å². The van der Waals surface area contributed by atoms with Crippen LogP contribution in [-0.4, -0.2) is 24.6 Å². The molecule has 4 nitrogen and oxygen atoms in total. The zero-order valence-corrected chi connectivity index (χ0v) is 10.5. The molecular weight excluding hydrogens is 220 g/mol. The molecule has 0 aromatic rings. The van der Waals surface area contributed by atoms with E-state index in [1.807, 2.05) is 19.1 Å². The van der Waals surface area contributed by atoms with Gasteiger partial charge in [-0.2, -0.15) is 0 Å². The molecule has 0 fully saturated rings. The van der Waals surface area contributed by atoms with E-state index in [-0.39, 0.29) is 24.0 Å². The Morgan fingerprint density at radius 3 is 2.59 bits per heavy atom. The first kappa shape index (κ1) is 13.7. The summed E-state index contributed by atoms with van der Waals surface area (Å²) in [6, 6.07) is 0. The first-order chi connectivity index (χ1) is 8.19. The van der Waals surface area contributed by atoms with Crippen LogP contribution in [0.3, 0.4) is 0 Å². The maximum atomic E-state index is 11.7. The second-order valence-electron chi connectivity index (χ2n) is 4.08. The molecule has 1 aliphatic rings. The molecule has 4 heteroatoms. The minimum absolute atomic E-state index is 0.234. The smallest absolute Gasteiger partial charge is 0.313 e. The van der Waals surface area contributed by atoms with Crippen molar-refractivity contribution in [3.63, 3.8) is 0 Å². The summed E-state index contributed by atoms with van der Waals surface area (Å²) in [7, 11) is 0. The summed E-state index contributed by atoms with van der Waals surface area (Å²) in [6.45, 7) is 4.05. The second-order valence-corrected chi connectivity index (χ2v) is 4.08. The fourth-order valence-electron chi connectivity index (χ4n) is 1.85. The highest BCUT2D eigenvalue weighted by atomic mass is 16.6. The lowest BCUT2D eigenvalue weighted by Gasteiger charge is -2.26. The topological polar surface area (TPSA) is 52.6 Å². The van der Waals surface area contributed by atoms with Gasteiger partial charge in [-0.25, -0.2) is 0 Å². The normalized spacial score (nSPS) is 23.2. The van der Waals surface area contributed by atoms with Gasteiger partial charge in [0.05, 0.1) is 12.5 Å². The van der Waals surface area contributed by atoms with Crippen molar-refractivity contribution in [3.8, 4) is 0 Å². The van der Waals surface area contributed by atoms with Crippen molar-refractivity contribution in [1.29, 1.82) is 0 Å². The highest BCUT2D eigenvalue weighted by Crippen LogP contribution is 2.24. The molecule has 17 heavy (non-hydrogen) atoms. The number of ether oxygens (including phenoxy) is 2. The Morgan fingerprint density at radius 2 is 1.94 bits per heavy atom. The number of hydrogen-bond acceptors (Lipinski definition) is 4. The van der Waals surface area contributed by atoms with Crippen molar-refractivity contribution in [2.24, 2.45) is 5.92 Å². The van der Waals surface area contributed by atoms with E-state index in [4.69, 9.17) is 9.47 Å². The van der Waals surface area contributed by atoms with Crippen LogP contribution < -0.4 is 0 Å². The number of allylic oxidation sites excluding steroid dienone is 1. The van der Waals surface area contributed by atoms with Gasteiger partial charge in [0.2, 0.25) is 0 Å². The molecule has 0 saturated carbocycles. The fourth-order valence-corrected chi connectivity index (χ4v) is 1.85. The van der Waals surface area contributed by atoms with Crippen LogP contribution in [0, 0.1) is 5.92 Å². The van der Waals surface area contributed by atoms with Gasteiger partial charge >= 0.3 is 11.9 Å². The molecule has 96 valence electrons. The molecule has 0 heterocycles. The highest BCUT2D eigenvalue weighted by molar-refractivity contribution is 5.75. The molecule has 2 atom stereocenters. The van der Waals surface area contributed by atoms with Gasteiger partial charge in [-0.05, 0) is 19.8 Å². The molecule has 1 aliphatic carbocycles. The van der Waals surface area contributed by atoms with Crippen molar-refractivity contribution in [2.45, 2.75) is 45.6 Å². The summed E-state index contributed by atoms with van der Waals surface area (Å²) in [6.07, 6.45) is 5.85. The minimum Gasteiger partial charge on any atom is -0.466 e. The van der Waals surface area contributed by atoms with Gasteiger partial charge in [-0.1, -0.05) is 19.1 Å². The van der Waals surface area contributed by atoms with E-state index in [0.29, 0.717) is 25.9 Å². The third kappa shape index (κ3) is 4.21. The Morgan fingerprint density at radius 1 is 1.24 bits per heavy atom. The molecule has 0 bridgehead atoms. The summed E-state index contributed by atoms with van der Waals surface area (Å²) >= 11 is 0. The van der Waals surface area contributed by atoms with Crippen molar-refractivity contribution >= 4 is 11.9 Å². The summed E-state index contributed by atoms with van der Waals surface area (Å²) < 4.78 is 10.3. The molecule has 0 aliphatic heterocycles. The van der Waals surface area contributed by atoms with E-state index in [2.05, 4.69) is 0 Å². The molecule has 1 rings (SSSR count). The predicted octanol–water partition coefficient (Wildman–Crippen LogP) is 2.23. The van der Waals surface area contributed by atoms with Crippen LogP contribution in [-0.2, 0) is 19.1 Å². The van der Waals surface area contributed by atoms with Crippen molar-refractivity contribution in [2.75, 3.05) is 6.61 Å². The summed E-state index contributed by atoms with van der Waals surface area (Å²) in [4.78, 5) is 23.1. The molecule has 0 spiro atoms. The maximum Gasteiger partial charge on any atom is 0.313 e. The van der Waals surface area contributed by atoms with Crippen LogP contribution in [0.15, 0.2) is 12.2 Å². The third-order valence-electron chi connectivity index (χ3n) is 2.70. The molecular formula is C13H20O4. The third-order valence-corrected chi connectivity index (χ3v) is 2.70. The van der Waals surface area contributed by atoms with Crippen LogP contribution in [0.2, 0.25) is 0 Å². The van der Waals surface area contributed by atoms with Crippen LogP contribution >= 0.6 is 0 Å². The number of carbonyl (C=O) groups excluding carboxylic acids is 2. The van der Waals surface area contributed by atoms with Gasteiger partial charge in [0.15, 0.2) is 0 Å². The van der Waals surface area contributed by atoms with Crippen molar-refractivity contribution < 1.29 is 19.1 Å². The lowest BCUT2D eigenvalue weighted by atomic mass is 9.91. The lowest BCUT2D eigenvalue weighted by molar-refractivity contribution is -0.161. The number of esters is 2. The lowest BCUT2D eigenvalue weighted by Crippen LogP contribution is -2.34. The molecule has 0 aromatic heterocycles. The maximum absolute atomic E-state index is 11.7. The van der Waals surface area contributed by atoms with Gasteiger partial charge in [0.1, 0.15) is 6.10 Å². The molecule has 0 amide bonds. The first-order valence-corrected chi connectivity index (χ1v) is 6.20. The quantitative estimate of drug-likeness (QED) is 0.546. The van der Waals surface area contributed by atoms with E-state index in [1.165, 1.54) is 0 Å². The summed E-state index contributed by atoms with van der Waals surface area (Å²) in [5.41, 5.74) is 0. The Labute approximate surface area is 102 Å². The highest BCUT2D eigenvalue weighted by Gasteiger charge is 2.32. The van der Waals surface area contributed by atoms with Gasteiger partial charge < -0.3 is 9.47 Å². The van der Waals surface area contributed by atoms with E-state index >= 15 is 0 Å². The zero-order chi connectivity index (χ0) is 12.7. The van der Waals surface area contributed by atoms with Crippen LogP contribution in [0.25, 0.3) is 0 Å². The largest absolute Gasteiger partial charge is 0.466 e. The Bertz CT molecular complexity index is 296. The first-order valence-electron chi connectivity index (χ1n) is 6.20. The minimum atomic E-state index is -0.363. The SMILES string of the molecule is CCCC(=O)OC1CC=CCC1C(=O)OCC. The monoisotopic (exact) mass is 240 g/mol. The molecule has 0 N–H and O–H groups in total. The van der Waals surface area contributed by atoms with Gasteiger partial charge in [-0.3, -0.25) is 9.59 Å². The molecule has 0 radical (unpaired) electrons. The summed E-state index contributed by atoms with van der Waals surface area (Å²) in [5.74, 6) is -0.853. The Kier molecular flexibility index (Phi) is 5.73. The van der Waals surface area contributed by atoms with Crippen LogP contribution in [0.1, 0.15) is 39.5 Å². The standard InChI is InChI=1S/C13H20O4/c1-3-7-12(14)17-11-9-6-5-8-10(11)13(15)16-4-2/h5-6,10-11H,3-4,7-9H2,1-2H3. The van der Waals surface area contributed by atoms with Crippen molar-refractivity contribution in [3.05, 3.63) is 12.2 Å². The number of rotatable bonds is 5. The number of carbonyl (C=O) groups is 2. The fraction of sp³-hybridized carbons (Fsp3) is 0.692. The van der Waals surface area contributed by atoms with Crippen LogP contribution in [0.5, 0.6) is 0 Å². The van der Waals surface area contributed by atoms with E-state index in [9.17, 15) is 9.59 Å². The average molecular weight is 240 g/mol. The van der Waals surface area contributed by atoms with E-state index < -0.39 is 0 Å². The number of hydrogen-bond donors (Lipinski definition) is 0. The Hall–Kier alpha value is -1.32. The van der Waals surface area contributed by atoms with Crippen LogP contribution in [0.4, 0.5) is 0 Å². The zero-order valence-electron chi connectivity index (χ0n) is 10.5. The van der Waals surface area contributed by atoms with E-state index in [1.54, 1.807) is 6.92 Å². The van der Waals surface area contributed by atoms with Gasteiger partial charge in [0, 0.05) is 12.8 Å². The summed E-state index contributed by atoms with van der Waals surface area (Å²) in [5, 5.41) is 0. The predicted molar refractivity (Wildman–Crippen MR) is 63.3 cm³/mol. The Balaban J connectivity index is 2.57. The molecule has 0 saturated heterocycles. The average Bonchev–Trinajstić information content (AvgIpc) is 2.30. The van der Waals surface area contributed by atoms with E-state index in [0.717, 1.165) is 6.42 Å². The van der Waals surface area contributed by atoms with Crippen molar-refractivity contribution in [1.82, 2.24) is 0 Å². The second kappa shape index (κ2) is 7.09. The van der Waals surface area contributed by atoms with Gasteiger partial charge in [0.25, 0.3) is 0 Å². The molecule has 0 aromatic carbocycles.